The van der Waals surface area contributed by atoms with Gasteiger partial charge in [0.2, 0.25) is 0 Å². The van der Waals surface area contributed by atoms with Crippen molar-refractivity contribution in [2.45, 2.75) is 33.2 Å². The normalized spacial score (nSPS) is 14.4. The monoisotopic (exact) mass is 311 g/mol. The van der Waals surface area contributed by atoms with Gasteiger partial charge in [-0.2, -0.15) is 0 Å². The fourth-order valence-electron chi connectivity index (χ4n) is 1.91. The molecule has 0 amide bonds. The van der Waals surface area contributed by atoms with E-state index in [-0.39, 0.29) is 17.9 Å². The molecule has 0 aromatic carbocycles. The zero-order chi connectivity index (χ0) is 15.8. The highest BCUT2D eigenvalue weighted by molar-refractivity contribution is 7.11. The Hall–Kier alpha value is -1.56. The van der Waals surface area contributed by atoms with Gasteiger partial charge >= 0.3 is 5.97 Å². The Bertz CT molecular complexity index is 485. The molecule has 2 unspecified atom stereocenters. The van der Waals surface area contributed by atoms with Gasteiger partial charge in [0.1, 0.15) is 0 Å². The number of nitrogens with one attached hydrogen (secondary N) is 2. The third-order valence-electron chi connectivity index (χ3n) is 3.09. The number of nitrogens with zero attached hydrogens (tertiary/aromatic N) is 1. The molecule has 2 atom stereocenters. The molecule has 0 bridgehead atoms. The molecular weight excluding hydrogens is 286 g/mol. The van der Waals surface area contributed by atoms with Gasteiger partial charge in [-0.1, -0.05) is 6.92 Å². The van der Waals surface area contributed by atoms with Crippen molar-refractivity contribution in [2.75, 3.05) is 20.7 Å². The zero-order valence-electron chi connectivity index (χ0n) is 13.4. The number of guanidine groups is 1. The van der Waals surface area contributed by atoms with Crippen LogP contribution in [0.1, 0.15) is 23.6 Å². The minimum atomic E-state index is -0.222. The van der Waals surface area contributed by atoms with Crippen molar-refractivity contribution in [1.82, 2.24) is 10.6 Å². The van der Waals surface area contributed by atoms with Gasteiger partial charge in [-0.25, -0.2) is 0 Å². The van der Waals surface area contributed by atoms with Gasteiger partial charge in [-0.3, -0.25) is 9.79 Å². The molecule has 118 valence electrons. The molecule has 0 aliphatic carbocycles. The van der Waals surface area contributed by atoms with Gasteiger partial charge < -0.3 is 15.4 Å². The molecule has 1 aromatic rings. The van der Waals surface area contributed by atoms with E-state index in [4.69, 9.17) is 4.74 Å². The number of methoxy groups -OCH3 is 1. The van der Waals surface area contributed by atoms with Crippen molar-refractivity contribution in [3.8, 4) is 0 Å². The number of aliphatic imine (C=N–C) groups is 1. The molecule has 1 rings (SSSR count). The molecule has 0 spiro atoms. The highest BCUT2D eigenvalue weighted by Crippen LogP contribution is 2.16. The molecule has 0 radical (unpaired) electrons. The molecule has 0 aliphatic heterocycles. The first-order valence-corrected chi connectivity index (χ1v) is 7.88. The molecule has 0 aliphatic rings. The fraction of sp³-hybridized carbons (Fsp3) is 0.600. The van der Waals surface area contributed by atoms with Gasteiger partial charge in [-0.15, -0.1) is 11.3 Å². The summed E-state index contributed by atoms with van der Waals surface area (Å²) in [4.78, 5) is 18.2. The second-order valence-electron chi connectivity index (χ2n) is 5.14. The Morgan fingerprint density at radius 1 is 1.43 bits per heavy atom. The van der Waals surface area contributed by atoms with Crippen molar-refractivity contribution in [3.63, 3.8) is 0 Å². The maximum atomic E-state index is 11.4. The molecule has 0 saturated heterocycles. The number of carbonyl (C=O) groups excluding carboxylic acids is 1. The van der Waals surface area contributed by atoms with Crippen molar-refractivity contribution in [3.05, 3.63) is 21.9 Å². The summed E-state index contributed by atoms with van der Waals surface area (Å²) in [5.41, 5.74) is 0. The number of carbonyl (C=O) groups is 1. The molecular formula is C15H25N3O2S. The van der Waals surface area contributed by atoms with Crippen LogP contribution in [0.3, 0.4) is 0 Å². The van der Waals surface area contributed by atoms with Crippen LogP contribution in [0.5, 0.6) is 0 Å². The number of thiophene rings is 1. The Morgan fingerprint density at radius 3 is 2.67 bits per heavy atom. The standard InChI is InChI=1S/C15H25N3O2S/c1-10(14(19)20-5)9-17-15(16-4)18-11(2)8-13-7-6-12(3)21-13/h6-7,10-11H,8-9H2,1-5H3,(H2,16,17,18). The lowest BCUT2D eigenvalue weighted by molar-refractivity contribution is -0.144. The van der Waals surface area contributed by atoms with Gasteiger partial charge in [0.05, 0.1) is 13.0 Å². The highest BCUT2D eigenvalue weighted by atomic mass is 32.1. The average molecular weight is 311 g/mol. The van der Waals surface area contributed by atoms with Gasteiger partial charge in [0.25, 0.3) is 0 Å². The first-order chi connectivity index (χ1) is 9.96. The molecule has 2 N–H and O–H groups in total. The van der Waals surface area contributed by atoms with Crippen molar-refractivity contribution in [2.24, 2.45) is 10.9 Å². The first-order valence-electron chi connectivity index (χ1n) is 7.06. The summed E-state index contributed by atoms with van der Waals surface area (Å²) >= 11 is 1.81. The quantitative estimate of drug-likeness (QED) is 0.479. The minimum absolute atomic E-state index is 0.205. The van der Waals surface area contributed by atoms with Crippen LogP contribution in [0.15, 0.2) is 17.1 Å². The molecule has 1 heterocycles. The van der Waals surface area contributed by atoms with Crippen LogP contribution in [-0.4, -0.2) is 38.7 Å². The summed E-state index contributed by atoms with van der Waals surface area (Å²) in [5, 5.41) is 6.48. The van der Waals surface area contributed by atoms with Crippen LogP contribution >= 0.6 is 11.3 Å². The number of aryl methyl sites for hydroxylation is 1. The zero-order valence-corrected chi connectivity index (χ0v) is 14.2. The predicted molar refractivity (Wildman–Crippen MR) is 87.9 cm³/mol. The Labute approximate surface area is 130 Å². The van der Waals surface area contributed by atoms with E-state index in [0.29, 0.717) is 12.5 Å². The van der Waals surface area contributed by atoms with E-state index in [1.807, 2.05) is 18.3 Å². The Morgan fingerprint density at radius 2 is 2.14 bits per heavy atom. The van der Waals surface area contributed by atoms with Crippen LogP contribution in [0.25, 0.3) is 0 Å². The maximum absolute atomic E-state index is 11.4. The summed E-state index contributed by atoms with van der Waals surface area (Å²) in [5.74, 6) is 0.274. The van der Waals surface area contributed by atoms with Crippen molar-refractivity contribution in [1.29, 1.82) is 0 Å². The first kappa shape index (κ1) is 17.5. The second kappa shape index (κ2) is 8.67. The summed E-state index contributed by atoms with van der Waals surface area (Å²) in [6.07, 6.45) is 0.950. The van der Waals surface area contributed by atoms with Gasteiger partial charge in [0, 0.05) is 35.8 Å². The van der Waals surface area contributed by atoms with Crippen LogP contribution < -0.4 is 10.6 Å². The lowest BCUT2D eigenvalue weighted by Gasteiger charge is -2.18. The third-order valence-corrected chi connectivity index (χ3v) is 4.11. The minimum Gasteiger partial charge on any atom is -0.469 e. The number of esters is 1. The van der Waals surface area contributed by atoms with Gasteiger partial charge in [-0.05, 0) is 26.0 Å². The summed E-state index contributed by atoms with van der Waals surface area (Å²) in [6, 6.07) is 4.56. The lowest BCUT2D eigenvalue weighted by atomic mass is 10.2. The van der Waals surface area contributed by atoms with E-state index >= 15 is 0 Å². The van der Waals surface area contributed by atoms with Crippen LogP contribution in [0.2, 0.25) is 0 Å². The van der Waals surface area contributed by atoms with Gasteiger partial charge in [0.15, 0.2) is 5.96 Å². The van der Waals surface area contributed by atoms with Crippen LogP contribution in [0, 0.1) is 12.8 Å². The number of ether oxygens (including phenoxy) is 1. The number of rotatable bonds is 6. The lowest BCUT2D eigenvalue weighted by Crippen LogP contribution is -2.45. The summed E-state index contributed by atoms with van der Waals surface area (Å²) in [7, 11) is 3.12. The molecule has 5 nitrogen and oxygen atoms in total. The Kier molecular flexibility index (Phi) is 7.22. The highest BCUT2D eigenvalue weighted by Gasteiger charge is 2.14. The molecule has 0 saturated carbocycles. The Balaban J connectivity index is 2.41. The SMILES string of the molecule is CN=C(NCC(C)C(=O)OC)NC(C)Cc1ccc(C)s1. The largest absolute Gasteiger partial charge is 0.469 e. The summed E-state index contributed by atoms with van der Waals surface area (Å²) < 4.78 is 4.70. The fourth-order valence-corrected chi connectivity index (χ4v) is 2.93. The van der Waals surface area contributed by atoms with Crippen LogP contribution in [0.4, 0.5) is 0 Å². The second-order valence-corrected chi connectivity index (χ2v) is 6.51. The van der Waals surface area contributed by atoms with E-state index in [9.17, 15) is 4.79 Å². The molecule has 1 aromatic heterocycles. The number of hydrogen-bond donors (Lipinski definition) is 2. The molecule has 0 fully saturated rings. The smallest absolute Gasteiger partial charge is 0.310 e. The summed E-state index contributed by atoms with van der Waals surface area (Å²) in [6.45, 7) is 6.55. The molecule has 21 heavy (non-hydrogen) atoms. The predicted octanol–water partition coefficient (Wildman–Crippen LogP) is 1.96. The topological polar surface area (TPSA) is 62.7 Å². The van der Waals surface area contributed by atoms with Crippen molar-refractivity contribution < 1.29 is 9.53 Å². The van der Waals surface area contributed by atoms with E-state index in [1.165, 1.54) is 16.9 Å². The third kappa shape index (κ3) is 6.16. The molecule has 6 heteroatoms. The maximum Gasteiger partial charge on any atom is 0.310 e. The van der Waals surface area contributed by atoms with Crippen LogP contribution in [-0.2, 0) is 16.0 Å². The number of hydrogen-bond acceptors (Lipinski definition) is 4. The van der Waals surface area contributed by atoms with E-state index in [2.05, 4.69) is 41.6 Å². The van der Waals surface area contributed by atoms with E-state index < -0.39 is 0 Å². The van der Waals surface area contributed by atoms with Crippen molar-refractivity contribution >= 4 is 23.3 Å². The average Bonchev–Trinajstić information content (AvgIpc) is 2.86. The van der Waals surface area contributed by atoms with E-state index in [0.717, 1.165) is 6.42 Å². The van der Waals surface area contributed by atoms with E-state index in [1.54, 1.807) is 7.05 Å².